The van der Waals surface area contributed by atoms with Crippen molar-refractivity contribution in [1.82, 2.24) is 19.5 Å². The number of aliphatic hydroxyl groups is 1. The minimum absolute atomic E-state index is 0.00505. The quantitative estimate of drug-likeness (QED) is 0.413. The third-order valence-electron chi connectivity index (χ3n) is 3.86. The van der Waals surface area contributed by atoms with Gasteiger partial charge in [0.2, 0.25) is 5.95 Å². The van der Waals surface area contributed by atoms with Gasteiger partial charge in [0.1, 0.15) is 18.9 Å². The topological polar surface area (TPSA) is 186 Å². The van der Waals surface area contributed by atoms with Crippen molar-refractivity contribution in [2.24, 2.45) is 5.92 Å². The van der Waals surface area contributed by atoms with Gasteiger partial charge >= 0.3 is 7.82 Å². The van der Waals surface area contributed by atoms with Crippen LogP contribution in [0.3, 0.4) is 0 Å². The molecule has 0 amide bonds. The number of alkyl halides is 1. The molecule has 0 aliphatic carbocycles. The van der Waals surface area contributed by atoms with E-state index in [2.05, 4.69) is 19.5 Å². The molecule has 2 aromatic heterocycles. The lowest BCUT2D eigenvalue weighted by molar-refractivity contribution is -0.204. The second kappa shape index (κ2) is 5.83. The highest BCUT2D eigenvalue weighted by molar-refractivity contribution is 7.46. The smallest absolute Gasteiger partial charge is 0.387 e. The first-order chi connectivity index (χ1) is 11.5. The van der Waals surface area contributed by atoms with Gasteiger partial charge in [-0.05, 0) is 0 Å². The minimum atomic E-state index is -4.96. The van der Waals surface area contributed by atoms with Gasteiger partial charge in [0, 0.05) is 5.92 Å². The molecule has 4 atom stereocenters. The fourth-order valence-corrected chi connectivity index (χ4v) is 3.00. The molecule has 1 fully saturated rings. The number of nitrogens with one attached hydrogen (secondary N) is 1. The van der Waals surface area contributed by atoms with Crippen molar-refractivity contribution < 1.29 is 33.1 Å². The van der Waals surface area contributed by atoms with Gasteiger partial charge in [0.15, 0.2) is 11.2 Å². The number of hydrogen-bond acceptors (Lipinski definition) is 8. The van der Waals surface area contributed by atoms with E-state index in [1.807, 2.05) is 0 Å². The molecule has 3 rings (SSSR count). The van der Waals surface area contributed by atoms with Crippen LogP contribution in [0.2, 0.25) is 0 Å². The summed E-state index contributed by atoms with van der Waals surface area (Å²) in [6, 6.07) is 0. The molecule has 14 heteroatoms. The van der Waals surface area contributed by atoms with E-state index in [1.165, 1.54) is 11.5 Å². The predicted molar refractivity (Wildman–Crippen MR) is 79.7 cm³/mol. The van der Waals surface area contributed by atoms with E-state index in [9.17, 15) is 18.9 Å². The molecule has 0 radical (unpaired) electrons. The Hall–Kier alpha value is -1.89. The zero-order valence-electron chi connectivity index (χ0n) is 12.7. The standard InChI is InChI=1S/C11H15FN5O7P/c1-4-6(18)11(12,2-23-25(20,21)22)24-9(4)17-3-14-5-7(17)15-10(13)16-8(5)19/h3-4,6,9,18H,2H2,1H3,(H2,20,21,22)(H3,13,15,16,19). The summed E-state index contributed by atoms with van der Waals surface area (Å²) >= 11 is 0. The number of H-pyrrole nitrogens is 1. The highest BCUT2D eigenvalue weighted by Crippen LogP contribution is 2.46. The Kier molecular flexibility index (Phi) is 4.18. The van der Waals surface area contributed by atoms with Gasteiger partial charge in [-0.2, -0.15) is 4.98 Å². The normalized spacial score (nSPS) is 30.2. The summed E-state index contributed by atoms with van der Waals surface area (Å²) in [5, 5.41) is 10.1. The number of phosphoric ester groups is 1. The third-order valence-corrected chi connectivity index (χ3v) is 4.33. The van der Waals surface area contributed by atoms with E-state index >= 15 is 0 Å². The van der Waals surface area contributed by atoms with Gasteiger partial charge in [0.05, 0.1) is 6.33 Å². The molecule has 0 bridgehead atoms. The number of ether oxygens (including phenoxy) is 1. The Morgan fingerprint density at radius 3 is 2.92 bits per heavy atom. The Morgan fingerprint density at radius 1 is 1.60 bits per heavy atom. The van der Waals surface area contributed by atoms with Gasteiger partial charge < -0.3 is 25.4 Å². The maximum Gasteiger partial charge on any atom is 0.469 e. The summed E-state index contributed by atoms with van der Waals surface area (Å²) in [6.45, 7) is 0.249. The summed E-state index contributed by atoms with van der Waals surface area (Å²) in [5.41, 5.74) is 4.81. The summed E-state index contributed by atoms with van der Waals surface area (Å²) in [6.07, 6.45) is -1.77. The Labute approximate surface area is 138 Å². The SMILES string of the molecule is CC1C(n2cnc3c(=O)[nH]c(N)nc32)OC(F)(COP(=O)(O)O)C1O. The van der Waals surface area contributed by atoms with Crippen molar-refractivity contribution in [3.63, 3.8) is 0 Å². The van der Waals surface area contributed by atoms with Crippen molar-refractivity contribution in [1.29, 1.82) is 0 Å². The predicted octanol–water partition coefficient (Wildman–Crippen LogP) is -0.997. The molecule has 0 saturated carbocycles. The van der Waals surface area contributed by atoms with Gasteiger partial charge in [-0.3, -0.25) is 18.9 Å². The molecule has 0 aromatic carbocycles. The molecule has 3 heterocycles. The Balaban J connectivity index is 1.96. The molecule has 1 aliphatic heterocycles. The van der Waals surface area contributed by atoms with E-state index in [-0.39, 0.29) is 17.1 Å². The number of halogens is 1. The molecule has 25 heavy (non-hydrogen) atoms. The number of nitrogens with two attached hydrogens (primary N) is 1. The van der Waals surface area contributed by atoms with Gasteiger partial charge in [0.25, 0.3) is 11.4 Å². The van der Waals surface area contributed by atoms with Crippen molar-refractivity contribution in [2.45, 2.75) is 25.1 Å². The van der Waals surface area contributed by atoms with E-state index < -0.39 is 44.1 Å². The van der Waals surface area contributed by atoms with E-state index in [0.717, 1.165) is 6.33 Å². The Bertz CT molecular complexity index is 912. The minimum Gasteiger partial charge on any atom is -0.387 e. The first-order valence-corrected chi connectivity index (χ1v) is 8.52. The number of hydrogen-bond donors (Lipinski definition) is 5. The molecule has 0 spiro atoms. The van der Waals surface area contributed by atoms with Crippen LogP contribution in [0.4, 0.5) is 10.3 Å². The van der Waals surface area contributed by atoms with Crippen LogP contribution in [0.1, 0.15) is 13.2 Å². The molecule has 6 N–H and O–H groups in total. The number of rotatable bonds is 4. The number of nitrogens with zero attached hydrogens (tertiary/aromatic N) is 3. The zero-order valence-corrected chi connectivity index (χ0v) is 13.6. The van der Waals surface area contributed by atoms with Crippen LogP contribution in [0.5, 0.6) is 0 Å². The van der Waals surface area contributed by atoms with Crippen molar-refractivity contribution >= 4 is 24.9 Å². The van der Waals surface area contributed by atoms with Crippen molar-refractivity contribution in [3.05, 3.63) is 16.7 Å². The summed E-state index contributed by atoms with van der Waals surface area (Å²) in [7, 11) is -4.96. The second-order valence-corrected chi connectivity index (χ2v) is 6.88. The Morgan fingerprint density at radius 2 is 2.28 bits per heavy atom. The summed E-state index contributed by atoms with van der Waals surface area (Å²) in [4.78, 5) is 39.2. The van der Waals surface area contributed by atoms with E-state index in [4.69, 9.17) is 20.3 Å². The average molecular weight is 379 g/mol. The van der Waals surface area contributed by atoms with Gasteiger partial charge in [-0.1, -0.05) is 6.92 Å². The number of aromatic nitrogens is 4. The molecule has 2 aromatic rings. The highest BCUT2D eigenvalue weighted by Gasteiger charge is 2.55. The fourth-order valence-electron chi connectivity index (χ4n) is 2.66. The van der Waals surface area contributed by atoms with Crippen LogP contribution in [0.15, 0.2) is 11.1 Å². The maximum absolute atomic E-state index is 14.8. The number of aliphatic hydroxyl groups excluding tert-OH is 1. The number of aromatic amines is 1. The summed E-state index contributed by atoms with van der Waals surface area (Å²) < 4.78 is 36.0. The number of anilines is 1. The fraction of sp³-hybridized carbons (Fsp3) is 0.545. The maximum atomic E-state index is 14.8. The lowest BCUT2D eigenvalue weighted by Gasteiger charge is -2.23. The number of phosphoric acid groups is 1. The van der Waals surface area contributed by atoms with Crippen molar-refractivity contribution in [2.75, 3.05) is 12.3 Å². The lowest BCUT2D eigenvalue weighted by Crippen LogP contribution is -2.40. The van der Waals surface area contributed by atoms with Crippen LogP contribution in [0.25, 0.3) is 11.2 Å². The third kappa shape index (κ3) is 3.17. The number of fused-ring (bicyclic) bond motifs is 1. The first-order valence-electron chi connectivity index (χ1n) is 6.99. The molecule has 1 saturated heterocycles. The van der Waals surface area contributed by atoms with Gasteiger partial charge in [-0.25, -0.2) is 13.9 Å². The second-order valence-electron chi connectivity index (χ2n) is 5.64. The average Bonchev–Trinajstić information content (AvgIpc) is 3.00. The van der Waals surface area contributed by atoms with Crippen LogP contribution in [-0.4, -0.2) is 53.0 Å². The van der Waals surface area contributed by atoms with Crippen molar-refractivity contribution in [3.8, 4) is 0 Å². The van der Waals surface area contributed by atoms with Crippen LogP contribution in [-0.2, 0) is 13.8 Å². The monoisotopic (exact) mass is 379 g/mol. The van der Waals surface area contributed by atoms with Gasteiger partial charge in [-0.15, -0.1) is 0 Å². The van der Waals surface area contributed by atoms with Crippen LogP contribution < -0.4 is 11.3 Å². The number of nitrogen functional groups attached to an aromatic ring is 1. The molecule has 138 valence electrons. The van der Waals surface area contributed by atoms with Crippen LogP contribution >= 0.6 is 7.82 Å². The zero-order chi connectivity index (χ0) is 18.6. The highest BCUT2D eigenvalue weighted by atomic mass is 31.2. The number of imidazole rings is 1. The largest absolute Gasteiger partial charge is 0.469 e. The van der Waals surface area contributed by atoms with E-state index in [0.29, 0.717) is 0 Å². The molecular formula is C11H15FN5O7P. The summed E-state index contributed by atoms with van der Waals surface area (Å²) in [5.74, 6) is -3.96. The molecule has 4 unspecified atom stereocenters. The lowest BCUT2D eigenvalue weighted by atomic mass is 10.0. The first kappa shape index (κ1) is 17.9. The van der Waals surface area contributed by atoms with E-state index in [1.54, 1.807) is 0 Å². The molecular weight excluding hydrogens is 364 g/mol. The molecule has 12 nitrogen and oxygen atoms in total. The van der Waals surface area contributed by atoms with Crippen LogP contribution in [0, 0.1) is 5.92 Å². The molecule has 1 aliphatic rings.